The third-order valence-electron chi connectivity index (χ3n) is 5.87. The third kappa shape index (κ3) is 2.96. The average Bonchev–Trinajstić information content (AvgIpc) is 3.11. The predicted octanol–water partition coefficient (Wildman–Crippen LogP) is 0.178. The van der Waals surface area contributed by atoms with E-state index < -0.39 is 46.9 Å². The Kier molecular flexibility index (Phi) is 4.96. The highest BCUT2D eigenvalue weighted by molar-refractivity contribution is 5.89. The number of hydrogen-bond acceptors (Lipinski definition) is 7. The van der Waals surface area contributed by atoms with Crippen LogP contribution >= 0.6 is 0 Å². The molecule has 0 radical (unpaired) electrons. The molecular weight excluding hydrogens is 342 g/mol. The van der Waals surface area contributed by atoms with Crippen LogP contribution in [0, 0.1) is 11.1 Å². The summed E-state index contributed by atoms with van der Waals surface area (Å²) in [5.41, 5.74) is -1.25. The van der Waals surface area contributed by atoms with Crippen molar-refractivity contribution >= 4 is 11.9 Å². The number of ether oxygens (including phenoxy) is 2. The van der Waals surface area contributed by atoms with Crippen molar-refractivity contribution in [3.8, 4) is 0 Å². The Balaban J connectivity index is 1.96. The largest absolute Gasteiger partial charge is 0.632 e. The van der Waals surface area contributed by atoms with Crippen molar-refractivity contribution in [1.82, 2.24) is 0 Å². The lowest BCUT2D eigenvalue weighted by atomic mass is 9.84. The number of aliphatic hydroxyl groups excluding tert-OH is 1. The van der Waals surface area contributed by atoms with Gasteiger partial charge in [-0.1, -0.05) is 13.0 Å². The molecule has 0 saturated carbocycles. The van der Waals surface area contributed by atoms with Gasteiger partial charge in [-0.15, -0.1) is 0 Å². The highest BCUT2D eigenvalue weighted by Crippen LogP contribution is 2.39. The molecule has 0 spiro atoms. The number of carbonyl (C=O) groups excluding carboxylic acids is 2. The molecule has 26 heavy (non-hydrogen) atoms. The van der Waals surface area contributed by atoms with E-state index >= 15 is 0 Å². The van der Waals surface area contributed by atoms with Crippen LogP contribution in [0.15, 0.2) is 23.3 Å². The lowest BCUT2D eigenvalue weighted by Crippen LogP contribution is -2.51. The van der Waals surface area contributed by atoms with Gasteiger partial charge in [-0.05, 0) is 19.4 Å². The summed E-state index contributed by atoms with van der Waals surface area (Å²) in [7, 11) is 0. The number of allylic oxidation sites excluding steroid dienone is 1. The van der Waals surface area contributed by atoms with Crippen LogP contribution in [-0.4, -0.2) is 70.8 Å². The van der Waals surface area contributed by atoms with Crippen LogP contribution in [0.3, 0.4) is 0 Å². The maximum absolute atomic E-state index is 12.9. The van der Waals surface area contributed by atoms with Gasteiger partial charge in [0, 0.05) is 23.5 Å². The molecule has 3 heterocycles. The highest BCUT2D eigenvalue weighted by atomic mass is 16.6. The summed E-state index contributed by atoms with van der Waals surface area (Å²) < 4.78 is 10.4. The number of aliphatic hydroxyl groups is 2. The molecule has 0 aliphatic carbocycles. The molecule has 0 bridgehead atoms. The summed E-state index contributed by atoms with van der Waals surface area (Å²) in [6.45, 7) is 2.81. The van der Waals surface area contributed by atoms with Crippen molar-refractivity contribution in [2.24, 2.45) is 5.92 Å². The summed E-state index contributed by atoms with van der Waals surface area (Å²) in [6.07, 6.45) is 3.22. The number of hydrogen-bond donors (Lipinski definition) is 2. The molecule has 3 aliphatic rings. The van der Waals surface area contributed by atoms with Gasteiger partial charge >= 0.3 is 11.9 Å². The normalized spacial score (nSPS) is 42.4. The Labute approximate surface area is 151 Å². The second-order valence-corrected chi connectivity index (χ2v) is 7.39. The van der Waals surface area contributed by atoms with E-state index in [0.29, 0.717) is 18.5 Å². The molecule has 2 fully saturated rings. The van der Waals surface area contributed by atoms with E-state index in [1.807, 2.05) is 0 Å². The lowest BCUT2D eigenvalue weighted by Gasteiger charge is -2.41. The second kappa shape index (κ2) is 6.77. The summed E-state index contributed by atoms with van der Waals surface area (Å²) in [4.78, 5) is 25.0. The molecule has 2 N–H and O–H groups in total. The van der Waals surface area contributed by atoms with E-state index in [4.69, 9.17) is 9.47 Å². The summed E-state index contributed by atoms with van der Waals surface area (Å²) in [5.74, 6) is -2.27. The van der Waals surface area contributed by atoms with Gasteiger partial charge in [0.1, 0.15) is 6.61 Å². The molecule has 8 nitrogen and oxygen atoms in total. The van der Waals surface area contributed by atoms with Gasteiger partial charge in [-0.2, -0.15) is 0 Å². The molecule has 8 heteroatoms. The van der Waals surface area contributed by atoms with Gasteiger partial charge in [0.15, 0.2) is 17.7 Å². The third-order valence-corrected chi connectivity index (χ3v) is 5.87. The smallest absolute Gasteiger partial charge is 0.341 e. The molecule has 3 aliphatic heterocycles. The van der Waals surface area contributed by atoms with E-state index in [0.717, 1.165) is 0 Å². The van der Waals surface area contributed by atoms with Gasteiger partial charge in [0.25, 0.3) is 0 Å². The number of rotatable bonds is 1. The van der Waals surface area contributed by atoms with E-state index in [2.05, 4.69) is 0 Å². The first kappa shape index (κ1) is 19.0. The van der Waals surface area contributed by atoms with Crippen LogP contribution < -0.4 is 0 Å². The van der Waals surface area contributed by atoms with Crippen molar-refractivity contribution < 1.29 is 33.9 Å². The van der Waals surface area contributed by atoms with Crippen molar-refractivity contribution in [1.29, 1.82) is 0 Å². The average molecular weight is 367 g/mol. The van der Waals surface area contributed by atoms with E-state index in [1.54, 1.807) is 26.0 Å². The lowest BCUT2D eigenvalue weighted by molar-refractivity contribution is -0.877. The Morgan fingerprint density at radius 3 is 2.85 bits per heavy atom. The fraction of sp³-hybridized carbons (Fsp3) is 0.667. The number of esters is 2. The molecule has 0 aromatic heterocycles. The monoisotopic (exact) mass is 367 g/mol. The molecule has 0 aromatic rings. The standard InChI is InChI=1S/C18H25NO7/c1-3-12-8-11(2)18(23,10-20)17(22)25-9-13-4-6-19(24)7-5-14(15(13)19)26-16(12)21/h3-4,11,14-15,20,23H,5-10H2,1-2H3/b12-3-/t11-,14+,15+,18+,19-/m0/s1. The molecule has 0 aromatic carbocycles. The summed E-state index contributed by atoms with van der Waals surface area (Å²) in [6, 6.07) is -0.594. The van der Waals surface area contributed by atoms with Crippen LogP contribution in [-0.2, 0) is 19.1 Å². The molecule has 144 valence electrons. The minimum Gasteiger partial charge on any atom is -0.632 e. The Hall–Kier alpha value is -1.74. The molecule has 5 atom stereocenters. The number of cyclic esters (lactones) is 1. The zero-order valence-electron chi connectivity index (χ0n) is 15.0. The van der Waals surface area contributed by atoms with Gasteiger partial charge in [0.05, 0.1) is 19.7 Å². The first-order valence-corrected chi connectivity index (χ1v) is 8.88. The zero-order valence-corrected chi connectivity index (χ0v) is 15.0. The Morgan fingerprint density at radius 1 is 1.46 bits per heavy atom. The maximum Gasteiger partial charge on any atom is 0.341 e. The van der Waals surface area contributed by atoms with Gasteiger partial charge in [-0.25, -0.2) is 9.59 Å². The highest BCUT2D eigenvalue weighted by Gasteiger charge is 2.51. The van der Waals surface area contributed by atoms with E-state index in [9.17, 15) is 25.0 Å². The summed E-state index contributed by atoms with van der Waals surface area (Å²) in [5, 5.41) is 33.1. The van der Waals surface area contributed by atoms with Crippen molar-refractivity contribution in [2.45, 2.75) is 44.4 Å². The molecule has 0 unspecified atom stereocenters. The van der Waals surface area contributed by atoms with Crippen molar-refractivity contribution in [3.05, 3.63) is 28.5 Å². The minimum atomic E-state index is -2.13. The van der Waals surface area contributed by atoms with E-state index in [1.165, 1.54) is 0 Å². The van der Waals surface area contributed by atoms with Crippen LogP contribution in [0.4, 0.5) is 0 Å². The van der Waals surface area contributed by atoms with Crippen LogP contribution in [0.5, 0.6) is 0 Å². The van der Waals surface area contributed by atoms with Crippen molar-refractivity contribution in [2.75, 3.05) is 26.3 Å². The summed E-state index contributed by atoms with van der Waals surface area (Å²) >= 11 is 0. The molecular formula is C18H25NO7. The SMILES string of the molecule is C/C=C1/C[C@H](C)[C@](O)(CO)C(=O)OCC2=CC[N@+]3([O-])CC[C@@H](OC1=O)[C@@H]23. The predicted molar refractivity (Wildman–Crippen MR) is 90.3 cm³/mol. The van der Waals surface area contributed by atoms with Crippen molar-refractivity contribution in [3.63, 3.8) is 0 Å². The Morgan fingerprint density at radius 2 is 2.19 bits per heavy atom. The minimum absolute atomic E-state index is 0.0406. The maximum atomic E-state index is 12.9. The molecule has 0 amide bonds. The Bertz CT molecular complexity index is 672. The van der Waals surface area contributed by atoms with Crippen LogP contribution in [0.1, 0.15) is 26.7 Å². The molecule has 3 rings (SSSR count). The number of nitrogens with zero attached hydrogens (tertiary/aromatic N) is 1. The first-order valence-electron chi connectivity index (χ1n) is 8.88. The van der Waals surface area contributed by atoms with Crippen LogP contribution in [0.2, 0.25) is 0 Å². The van der Waals surface area contributed by atoms with Gasteiger partial charge in [0.2, 0.25) is 0 Å². The molecule has 2 saturated heterocycles. The second-order valence-electron chi connectivity index (χ2n) is 7.39. The fourth-order valence-electron chi connectivity index (χ4n) is 4.08. The zero-order chi connectivity index (χ0) is 19.1. The number of carbonyl (C=O) groups is 2. The van der Waals surface area contributed by atoms with Crippen LogP contribution in [0.25, 0.3) is 0 Å². The first-order chi connectivity index (χ1) is 12.2. The quantitative estimate of drug-likeness (QED) is 0.223. The topological polar surface area (TPSA) is 116 Å². The van der Waals surface area contributed by atoms with Gasteiger partial charge in [-0.3, -0.25) is 0 Å². The number of hydroxylamine groups is 3. The fourth-order valence-corrected chi connectivity index (χ4v) is 4.08. The van der Waals surface area contributed by atoms with E-state index in [-0.39, 0.29) is 25.1 Å². The number of quaternary nitrogens is 1. The van der Waals surface area contributed by atoms with Gasteiger partial charge < -0.3 is 29.5 Å².